The standard InChI is InChI=1S/C20H18BrNO4/c1-3-25-18-10-14(9-17(21)20(18)26-12-19(23)24)8-16(11-22)15-6-4-13(2)5-7-15/h4-10H,3,12H2,1-2H3,(H,23,24)/b16-8+. The Morgan fingerprint density at radius 1 is 1.27 bits per heavy atom. The van der Waals surface area contributed by atoms with Crippen molar-refractivity contribution >= 4 is 33.5 Å². The van der Waals surface area contributed by atoms with Crippen molar-refractivity contribution in [3.05, 3.63) is 57.6 Å². The number of halogens is 1. The van der Waals surface area contributed by atoms with E-state index in [1.807, 2.05) is 38.1 Å². The lowest BCUT2D eigenvalue weighted by Crippen LogP contribution is -2.10. The second kappa shape index (κ2) is 9.07. The van der Waals surface area contributed by atoms with Gasteiger partial charge in [-0.05, 0) is 59.1 Å². The summed E-state index contributed by atoms with van der Waals surface area (Å²) in [6, 6.07) is 13.4. The van der Waals surface area contributed by atoms with Crippen molar-refractivity contribution in [1.82, 2.24) is 0 Å². The Hall–Kier alpha value is -2.78. The van der Waals surface area contributed by atoms with Crippen molar-refractivity contribution in [2.24, 2.45) is 0 Å². The summed E-state index contributed by atoms with van der Waals surface area (Å²) in [5.74, 6) is -0.342. The minimum Gasteiger partial charge on any atom is -0.490 e. The molecule has 0 radical (unpaired) electrons. The second-order valence-corrected chi connectivity index (χ2v) is 6.34. The van der Waals surface area contributed by atoms with Gasteiger partial charge in [0.15, 0.2) is 18.1 Å². The molecule has 0 saturated heterocycles. The van der Waals surface area contributed by atoms with E-state index in [9.17, 15) is 10.1 Å². The van der Waals surface area contributed by atoms with E-state index in [2.05, 4.69) is 22.0 Å². The first-order valence-corrected chi connectivity index (χ1v) is 8.73. The van der Waals surface area contributed by atoms with E-state index in [0.717, 1.165) is 16.7 Å². The maximum Gasteiger partial charge on any atom is 0.341 e. The molecule has 0 heterocycles. The van der Waals surface area contributed by atoms with Gasteiger partial charge in [-0.2, -0.15) is 5.26 Å². The Balaban J connectivity index is 2.43. The lowest BCUT2D eigenvalue weighted by atomic mass is 10.0. The number of benzene rings is 2. The highest BCUT2D eigenvalue weighted by molar-refractivity contribution is 9.10. The van der Waals surface area contributed by atoms with Crippen LogP contribution in [-0.2, 0) is 4.79 Å². The van der Waals surface area contributed by atoms with Crippen LogP contribution in [0.25, 0.3) is 11.6 Å². The lowest BCUT2D eigenvalue weighted by molar-refractivity contribution is -0.139. The van der Waals surface area contributed by atoms with Crippen LogP contribution in [0.3, 0.4) is 0 Å². The van der Waals surface area contributed by atoms with E-state index in [1.54, 1.807) is 18.2 Å². The van der Waals surface area contributed by atoms with Crippen LogP contribution in [0.1, 0.15) is 23.6 Å². The monoisotopic (exact) mass is 415 g/mol. The molecule has 2 aromatic rings. The quantitative estimate of drug-likeness (QED) is 0.524. The number of rotatable bonds is 7. The first-order chi connectivity index (χ1) is 12.4. The minimum absolute atomic E-state index is 0.320. The van der Waals surface area contributed by atoms with Gasteiger partial charge in [-0.3, -0.25) is 0 Å². The number of nitrogens with zero attached hydrogens (tertiary/aromatic N) is 1. The molecule has 0 aliphatic heterocycles. The molecular formula is C20H18BrNO4. The summed E-state index contributed by atoms with van der Waals surface area (Å²) in [5, 5.41) is 18.3. The molecule has 2 aromatic carbocycles. The molecule has 26 heavy (non-hydrogen) atoms. The number of allylic oxidation sites excluding steroid dienone is 1. The highest BCUT2D eigenvalue weighted by Gasteiger charge is 2.14. The molecule has 0 amide bonds. The highest BCUT2D eigenvalue weighted by atomic mass is 79.9. The fourth-order valence-electron chi connectivity index (χ4n) is 2.29. The van der Waals surface area contributed by atoms with Crippen LogP contribution in [0, 0.1) is 18.3 Å². The molecule has 5 nitrogen and oxygen atoms in total. The summed E-state index contributed by atoms with van der Waals surface area (Å²) >= 11 is 3.39. The molecule has 0 aliphatic carbocycles. The van der Waals surface area contributed by atoms with Crippen LogP contribution in [0.15, 0.2) is 40.9 Å². The van der Waals surface area contributed by atoms with Gasteiger partial charge in [-0.1, -0.05) is 29.8 Å². The smallest absolute Gasteiger partial charge is 0.341 e. The van der Waals surface area contributed by atoms with E-state index >= 15 is 0 Å². The number of nitriles is 1. The Morgan fingerprint density at radius 3 is 2.54 bits per heavy atom. The van der Waals surface area contributed by atoms with Gasteiger partial charge in [0.05, 0.1) is 22.7 Å². The molecule has 1 N–H and O–H groups in total. The molecule has 0 aromatic heterocycles. The number of hydrogen-bond donors (Lipinski definition) is 1. The highest BCUT2D eigenvalue weighted by Crippen LogP contribution is 2.38. The van der Waals surface area contributed by atoms with Gasteiger partial charge in [0.1, 0.15) is 0 Å². The molecule has 0 atom stereocenters. The zero-order chi connectivity index (χ0) is 19.1. The van der Waals surface area contributed by atoms with E-state index < -0.39 is 12.6 Å². The SMILES string of the molecule is CCOc1cc(/C=C(\C#N)c2ccc(C)cc2)cc(Br)c1OCC(=O)O. The average Bonchev–Trinajstić information content (AvgIpc) is 2.60. The third-order valence-electron chi connectivity index (χ3n) is 3.47. The maximum absolute atomic E-state index is 10.8. The van der Waals surface area contributed by atoms with Gasteiger partial charge in [-0.25, -0.2) is 4.79 Å². The molecule has 0 saturated carbocycles. The molecule has 6 heteroatoms. The van der Waals surface area contributed by atoms with Crippen LogP contribution in [0.2, 0.25) is 0 Å². The number of hydrogen-bond acceptors (Lipinski definition) is 4. The lowest BCUT2D eigenvalue weighted by Gasteiger charge is -2.13. The Labute approximate surface area is 160 Å². The molecular weight excluding hydrogens is 398 g/mol. The number of carboxylic acid groups (broad SMARTS) is 1. The number of carbonyl (C=O) groups is 1. The summed E-state index contributed by atoms with van der Waals surface area (Å²) < 4.78 is 11.4. The Kier molecular flexibility index (Phi) is 6.81. The fraction of sp³-hybridized carbons (Fsp3) is 0.200. The van der Waals surface area contributed by atoms with E-state index in [-0.39, 0.29) is 0 Å². The minimum atomic E-state index is -1.07. The molecule has 134 valence electrons. The van der Waals surface area contributed by atoms with Crippen molar-refractivity contribution in [1.29, 1.82) is 5.26 Å². The summed E-state index contributed by atoms with van der Waals surface area (Å²) in [5.41, 5.74) is 3.18. The summed E-state index contributed by atoms with van der Waals surface area (Å²) in [4.78, 5) is 10.8. The number of ether oxygens (including phenoxy) is 2. The maximum atomic E-state index is 10.8. The number of aliphatic carboxylic acids is 1. The zero-order valence-corrected chi connectivity index (χ0v) is 16.0. The fourth-order valence-corrected chi connectivity index (χ4v) is 2.86. The van der Waals surface area contributed by atoms with Gasteiger partial charge in [-0.15, -0.1) is 0 Å². The first-order valence-electron chi connectivity index (χ1n) is 7.94. The van der Waals surface area contributed by atoms with Crippen molar-refractivity contribution < 1.29 is 19.4 Å². The van der Waals surface area contributed by atoms with E-state index in [1.165, 1.54) is 0 Å². The van der Waals surface area contributed by atoms with Gasteiger partial charge < -0.3 is 14.6 Å². The molecule has 0 fully saturated rings. The van der Waals surface area contributed by atoms with Crippen LogP contribution in [0.4, 0.5) is 0 Å². The average molecular weight is 416 g/mol. The number of aryl methyl sites for hydroxylation is 1. The Morgan fingerprint density at radius 2 is 1.96 bits per heavy atom. The van der Waals surface area contributed by atoms with Crippen molar-refractivity contribution in [2.45, 2.75) is 13.8 Å². The Bertz CT molecular complexity index is 867. The number of carboxylic acids is 1. The first kappa shape index (κ1) is 19.5. The topological polar surface area (TPSA) is 79.5 Å². The molecule has 2 rings (SSSR count). The zero-order valence-electron chi connectivity index (χ0n) is 14.5. The molecule has 0 bridgehead atoms. The molecule has 0 unspecified atom stereocenters. The van der Waals surface area contributed by atoms with Crippen LogP contribution < -0.4 is 9.47 Å². The summed E-state index contributed by atoms with van der Waals surface area (Å²) in [7, 11) is 0. The van der Waals surface area contributed by atoms with Crippen LogP contribution in [-0.4, -0.2) is 24.3 Å². The normalized spacial score (nSPS) is 10.9. The van der Waals surface area contributed by atoms with Crippen molar-refractivity contribution in [3.63, 3.8) is 0 Å². The second-order valence-electron chi connectivity index (χ2n) is 5.48. The van der Waals surface area contributed by atoms with E-state index in [0.29, 0.717) is 28.2 Å². The summed E-state index contributed by atoms with van der Waals surface area (Å²) in [6.07, 6.45) is 1.75. The predicted octanol–water partition coefficient (Wildman–Crippen LogP) is 4.68. The molecule has 0 aliphatic rings. The van der Waals surface area contributed by atoms with Gasteiger partial charge in [0.2, 0.25) is 0 Å². The predicted molar refractivity (Wildman–Crippen MR) is 103 cm³/mol. The third kappa shape index (κ3) is 5.11. The van der Waals surface area contributed by atoms with Crippen LogP contribution in [0.5, 0.6) is 11.5 Å². The van der Waals surface area contributed by atoms with Crippen molar-refractivity contribution in [3.8, 4) is 17.6 Å². The van der Waals surface area contributed by atoms with Crippen LogP contribution >= 0.6 is 15.9 Å². The molecule has 0 spiro atoms. The van der Waals surface area contributed by atoms with Crippen molar-refractivity contribution in [2.75, 3.05) is 13.2 Å². The largest absolute Gasteiger partial charge is 0.490 e. The van der Waals surface area contributed by atoms with Gasteiger partial charge in [0.25, 0.3) is 0 Å². The summed E-state index contributed by atoms with van der Waals surface area (Å²) in [6.45, 7) is 3.73. The van der Waals surface area contributed by atoms with Gasteiger partial charge >= 0.3 is 5.97 Å². The van der Waals surface area contributed by atoms with E-state index in [4.69, 9.17) is 14.6 Å². The van der Waals surface area contributed by atoms with Gasteiger partial charge in [0, 0.05) is 0 Å². The third-order valence-corrected chi connectivity index (χ3v) is 4.05.